The molecule has 0 aliphatic carbocycles. The van der Waals surface area contributed by atoms with Gasteiger partial charge in [0, 0.05) is 18.6 Å². The highest BCUT2D eigenvalue weighted by atomic mass is 16.1. The fourth-order valence-electron chi connectivity index (χ4n) is 3.16. The van der Waals surface area contributed by atoms with E-state index >= 15 is 0 Å². The normalized spacial score (nSPS) is 25.0. The minimum atomic E-state index is 0.143. The van der Waals surface area contributed by atoms with Crippen LogP contribution in [0.15, 0.2) is 0 Å². The molecular formula is C15H31N3O. The van der Waals surface area contributed by atoms with Crippen LogP contribution in [0.5, 0.6) is 0 Å². The summed E-state index contributed by atoms with van der Waals surface area (Å²) in [7, 11) is 4.21. The molecule has 3 atom stereocenters. The van der Waals surface area contributed by atoms with Gasteiger partial charge >= 0.3 is 0 Å². The van der Waals surface area contributed by atoms with Crippen LogP contribution in [-0.4, -0.2) is 50.1 Å². The number of rotatable bonds is 7. The molecule has 1 heterocycles. The Hall–Kier alpha value is -0.610. The lowest BCUT2D eigenvalue weighted by atomic mass is 9.93. The van der Waals surface area contributed by atoms with E-state index in [2.05, 4.69) is 50.4 Å². The summed E-state index contributed by atoms with van der Waals surface area (Å²) < 4.78 is 0. The minimum Gasteiger partial charge on any atom is -0.354 e. The van der Waals surface area contributed by atoms with E-state index in [0.29, 0.717) is 18.0 Å². The zero-order valence-corrected chi connectivity index (χ0v) is 13.2. The van der Waals surface area contributed by atoms with Crippen molar-refractivity contribution in [1.29, 1.82) is 0 Å². The number of likely N-dealkylation sites (N-methyl/N-ethyl adjacent to an activating group) is 1. The lowest BCUT2D eigenvalue weighted by Gasteiger charge is -2.32. The van der Waals surface area contributed by atoms with Gasteiger partial charge in [0.15, 0.2) is 0 Å². The molecule has 3 unspecified atom stereocenters. The first-order valence-corrected chi connectivity index (χ1v) is 7.68. The molecule has 1 aliphatic rings. The van der Waals surface area contributed by atoms with Gasteiger partial charge in [0.1, 0.15) is 0 Å². The summed E-state index contributed by atoms with van der Waals surface area (Å²) in [4.78, 5) is 14.5. The fourth-order valence-corrected chi connectivity index (χ4v) is 3.16. The van der Waals surface area contributed by atoms with Crippen LogP contribution in [0.4, 0.5) is 0 Å². The Morgan fingerprint density at radius 2 is 2.00 bits per heavy atom. The van der Waals surface area contributed by atoms with Crippen LogP contribution in [0, 0.1) is 11.8 Å². The third kappa shape index (κ3) is 4.46. The summed E-state index contributed by atoms with van der Waals surface area (Å²) in [6, 6.07) is 0.745. The SMILES string of the molecule is CCC(CC)C(CNC(=O)C1CCNC1C)N(C)C. The summed E-state index contributed by atoms with van der Waals surface area (Å²) in [5, 5.41) is 6.50. The molecule has 1 rings (SSSR count). The van der Waals surface area contributed by atoms with Crippen molar-refractivity contribution in [2.45, 2.75) is 52.1 Å². The van der Waals surface area contributed by atoms with Crippen molar-refractivity contribution >= 4 is 5.91 Å². The summed E-state index contributed by atoms with van der Waals surface area (Å²) in [5.74, 6) is 1.01. The molecule has 0 spiro atoms. The average Bonchev–Trinajstić information content (AvgIpc) is 2.80. The highest BCUT2D eigenvalue weighted by Gasteiger charge is 2.30. The molecule has 0 aromatic rings. The van der Waals surface area contributed by atoms with Gasteiger partial charge in [-0.05, 0) is 39.9 Å². The van der Waals surface area contributed by atoms with Gasteiger partial charge in [0.25, 0.3) is 0 Å². The number of hydrogen-bond acceptors (Lipinski definition) is 3. The van der Waals surface area contributed by atoms with Crippen molar-refractivity contribution in [1.82, 2.24) is 15.5 Å². The van der Waals surface area contributed by atoms with E-state index in [0.717, 1.165) is 32.4 Å². The van der Waals surface area contributed by atoms with Crippen LogP contribution >= 0.6 is 0 Å². The second kappa shape index (κ2) is 7.85. The molecule has 4 heteroatoms. The molecule has 1 amide bonds. The number of nitrogens with one attached hydrogen (secondary N) is 2. The monoisotopic (exact) mass is 269 g/mol. The van der Waals surface area contributed by atoms with Gasteiger partial charge in [-0.3, -0.25) is 4.79 Å². The second-order valence-corrected chi connectivity index (χ2v) is 5.99. The number of nitrogens with zero attached hydrogens (tertiary/aromatic N) is 1. The van der Waals surface area contributed by atoms with Crippen molar-refractivity contribution in [2.24, 2.45) is 11.8 Å². The lowest BCUT2D eigenvalue weighted by molar-refractivity contribution is -0.125. The number of carbonyl (C=O) groups excluding carboxylic acids is 1. The maximum absolute atomic E-state index is 12.2. The Balaban J connectivity index is 2.49. The molecule has 0 saturated carbocycles. The van der Waals surface area contributed by atoms with Crippen LogP contribution in [0.2, 0.25) is 0 Å². The van der Waals surface area contributed by atoms with Crippen molar-refractivity contribution in [3.63, 3.8) is 0 Å². The number of amides is 1. The van der Waals surface area contributed by atoms with E-state index in [1.54, 1.807) is 0 Å². The van der Waals surface area contributed by atoms with Gasteiger partial charge in [-0.25, -0.2) is 0 Å². The summed E-state index contributed by atoms with van der Waals surface area (Å²) in [6.45, 7) is 8.29. The third-order valence-corrected chi connectivity index (χ3v) is 4.60. The Kier molecular flexibility index (Phi) is 6.80. The first kappa shape index (κ1) is 16.4. The van der Waals surface area contributed by atoms with Crippen LogP contribution in [-0.2, 0) is 4.79 Å². The third-order valence-electron chi connectivity index (χ3n) is 4.60. The molecule has 112 valence electrons. The van der Waals surface area contributed by atoms with Crippen molar-refractivity contribution in [3.8, 4) is 0 Å². The van der Waals surface area contributed by atoms with E-state index in [9.17, 15) is 4.79 Å². The predicted molar refractivity (Wildman–Crippen MR) is 80.1 cm³/mol. The summed E-state index contributed by atoms with van der Waals surface area (Å²) in [6.07, 6.45) is 3.29. The highest BCUT2D eigenvalue weighted by Crippen LogP contribution is 2.18. The quantitative estimate of drug-likeness (QED) is 0.735. The Morgan fingerprint density at radius 1 is 1.37 bits per heavy atom. The minimum absolute atomic E-state index is 0.143. The van der Waals surface area contributed by atoms with Crippen molar-refractivity contribution in [3.05, 3.63) is 0 Å². The van der Waals surface area contributed by atoms with E-state index < -0.39 is 0 Å². The van der Waals surface area contributed by atoms with E-state index in [1.807, 2.05) is 0 Å². The van der Waals surface area contributed by atoms with Crippen LogP contribution in [0.25, 0.3) is 0 Å². The molecular weight excluding hydrogens is 238 g/mol. The van der Waals surface area contributed by atoms with Crippen LogP contribution in [0.1, 0.15) is 40.0 Å². The van der Waals surface area contributed by atoms with Gasteiger partial charge in [-0.15, -0.1) is 0 Å². The van der Waals surface area contributed by atoms with Crippen LogP contribution < -0.4 is 10.6 Å². The first-order valence-electron chi connectivity index (χ1n) is 7.68. The molecule has 0 bridgehead atoms. The molecule has 2 N–H and O–H groups in total. The second-order valence-electron chi connectivity index (χ2n) is 5.99. The van der Waals surface area contributed by atoms with Crippen LogP contribution in [0.3, 0.4) is 0 Å². The Morgan fingerprint density at radius 3 is 2.42 bits per heavy atom. The zero-order valence-electron chi connectivity index (χ0n) is 13.2. The van der Waals surface area contributed by atoms with Crippen molar-refractivity contribution < 1.29 is 4.79 Å². The zero-order chi connectivity index (χ0) is 14.4. The van der Waals surface area contributed by atoms with E-state index in [1.165, 1.54) is 0 Å². The van der Waals surface area contributed by atoms with E-state index in [4.69, 9.17) is 0 Å². The number of hydrogen-bond donors (Lipinski definition) is 2. The number of carbonyl (C=O) groups is 1. The highest BCUT2D eigenvalue weighted by molar-refractivity contribution is 5.79. The van der Waals surface area contributed by atoms with E-state index in [-0.39, 0.29) is 11.8 Å². The maximum atomic E-state index is 12.2. The smallest absolute Gasteiger partial charge is 0.224 e. The topological polar surface area (TPSA) is 44.4 Å². The lowest BCUT2D eigenvalue weighted by Crippen LogP contribution is -2.47. The van der Waals surface area contributed by atoms with Gasteiger partial charge in [-0.1, -0.05) is 26.7 Å². The molecule has 0 aromatic heterocycles. The molecule has 1 saturated heterocycles. The molecule has 19 heavy (non-hydrogen) atoms. The predicted octanol–water partition coefficient (Wildman–Crippen LogP) is 1.47. The first-order chi connectivity index (χ1) is 9.01. The standard InChI is InChI=1S/C15H31N3O/c1-6-12(7-2)14(18(4)5)10-17-15(19)13-8-9-16-11(13)3/h11-14,16H,6-10H2,1-5H3,(H,17,19). The molecule has 4 nitrogen and oxygen atoms in total. The van der Waals surface area contributed by atoms with Gasteiger partial charge in [0.05, 0.1) is 5.92 Å². The maximum Gasteiger partial charge on any atom is 0.224 e. The van der Waals surface area contributed by atoms with Crippen molar-refractivity contribution in [2.75, 3.05) is 27.2 Å². The largest absolute Gasteiger partial charge is 0.354 e. The average molecular weight is 269 g/mol. The van der Waals surface area contributed by atoms with Gasteiger partial charge in [-0.2, -0.15) is 0 Å². The fraction of sp³-hybridized carbons (Fsp3) is 0.933. The molecule has 1 aliphatic heterocycles. The summed E-state index contributed by atoms with van der Waals surface area (Å²) >= 11 is 0. The molecule has 0 radical (unpaired) electrons. The summed E-state index contributed by atoms with van der Waals surface area (Å²) in [5.41, 5.74) is 0. The molecule has 1 fully saturated rings. The Bertz CT molecular complexity index is 277. The Labute approximate surface area is 118 Å². The molecule has 0 aromatic carbocycles. The van der Waals surface area contributed by atoms with Gasteiger partial charge < -0.3 is 15.5 Å². The van der Waals surface area contributed by atoms with Gasteiger partial charge in [0.2, 0.25) is 5.91 Å².